The van der Waals surface area contributed by atoms with Gasteiger partial charge in [-0.2, -0.15) is 0 Å². The van der Waals surface area contributed by atoms with Crippen LogP contribution in [0, 0.1) is 12.3 Å². The van der Waals surface area contributed by atoms with Crippen LogP contribution in [0.15, 0.2) is 17.8 Å². The van der Waals surface area contributed by atoms with Crippen LogP contribution < -0.4 is 4.74 Å². The molecular weight excluding hydrogens is 399 g/mol. The molecule has 26 heavy (non-hydrogen) atoms. The van der Waals surface area contributed by atoms with Gasteiger partial charge in [-0.05, 0) is 36.0 Å². The van der Waals surface area contributed by atoms with E-state index in [-0.39, 0.29) is 39.8 Å². The van der Waals surface area contributed by atoms with Crippen LogP contribution in [0.4, 0.5) is 0 Å². The highest BCUT2D eigenvalue weighted by Crippen LogP contribution is 2.35. The second-order valence-corrected chi connectivity index (χ2v) is 6.32. The van der Waals surface area contributed by atoms with Crippen molar-refractivity contribution in [3.05, 3.63) is 33.4 Å². The van der Waals surface area contributed by atoms with Crippen molar-refractivity contribution in [2.24, 2.45) is 0 Å². The van der Waals surface area contributed by atoms with Crippen LogP contribution >= 0.6 is 35.4 Å². The van der Waals surface area contributed by atoms with Crippen LogP contribution in [0.1, 0.15) is 5.56 Å². The van der Waals surface area contributed by atoms with E-state index in [1.54, 1.807) is 25.3 Å². The number of nitrogens with zero attached hydrogens (tertiary/aromatic N) is 2. The van der Waals surface area contributed by atoms with Crippen molar-refractivity contribution in [3.8, 4) is 18.1 Å². The lowest BCUT2D eigenvalue weighted by atomic mass is 10.1. The number of methoxy groups -OCH3 is 1. The summed E-state index contributed by atoms with van der Waals surface area (Å²) in [7, 11) is 2.86. The van der Waals surface area contributed by atoms with Gasteiger partial charge in [0, 0.05) is 7.05 Å². The second kappa shape index (κ2) is 8.41. The first-order valence-corrected chi connectivity index (χ1v) is 8.40. The molecule has 0 aromatic heterocycles. The number of likely N-dealkylation sites (N-methyl/N-ethyl adjacent to an activating group) is 1. The molecule has 0 unspecified atom stereocenters. The number of amides is 1. The summed E-state index contributed by atoms with van der Waals surface area (Å²) in [6.07, 6.45) is 6.72. The predicted octanol–water partition coefficient (Wildman–Crippen LogP) is 2.58. The molecule has 1 aliphatic heterocycles. The fourth-order valence-corrected chi connectivity index (χ4v) is 3.08. The number of thiocarbonyl (C=S) groups is 1. The maximum atomic E-state index is 12.6. The largest absolute Gasteiger partial charge is 0.478 e. The van der Waals surface area contributed by atoms with E-state index in [0.717, 1.165) is 4.90 Å². The van der Waals surface area contributed by atoms with E-state index in [2.05, 4.69) is 10.7 Å². The molecule has 1 saturated heterocycles. The summed E-state index contributed by atoms with van der Waals surface area (Å²) < 4.78 is 9.88. The zero-order valence-electron chi connectivity index (χ0n) is 13.9. The maximum Gasteiger partial charge on any atom is 0.325 e. The van der Waals surface area contributed by atoms with Gasteiger partial charge in [0.05, 0.1) is 17.2 Å². The van der Waals surface area contributed by atoms with E-state index in [1.807, 2.05) is 0 Å². The third kappa shape index (κ3) is 4.10. The van der Waals surface area contributed by atoms with Crippen molar-refractivity contribution in [1.29, 1.82) is 0 Å². The number of rotatable bonds is 5. The lowest BCUT2D eigenvalue weighted by Crippen LogP contribution is -2.36. The molecule has 136 valence electrons. The smallest absolute Gasteiger partial charge is 0.325 e. The zero-order valence-corrected chi connectivity index (χ0v) is 16.2. The number of esters is 1. The number of halogens is 2. The molecule has 1 heterocycles. The Labute approximate surface area is 166 Å². The Balaban J connectivity index is 2.34. The number of carbonyl (C=O) groups is 2. The van der Waals surface area contributed by atoms with Crippen molar-refractivity contribution in [1.82, 2.24) is 9.80 Å². The van der Waals surface area contributed by atoms with Crippen LogP contribution in [-0.2, 0) is 14.3 Å². The normalized spacial score (nSPS) is 15.4. The highest BCUT2D eigenvalue weighted by Gasteiger charge is 2.37. The molecule has 2 rings (SSSR count). The summed E-state index contributed by atoms with van der Waals surface area (Å²) in [5, 5.41) is 0.696. The van der Waals surface area contributed by atoms with E-state index in [1.165, 1.54) is 12.0 Å². The van der Waals surface area contributed by atoms with Crippen molar-refractivity contribution in [3.63, 3.8) is 0 Å². The van der Waals surface area contributed by atoms with Gasteiger partial charge in [0.15, 0.2) is 10.9 Å². The van der Waals surface area contributed by atoms with Crippen molar-refractivity contribution >= 4 is 58.5 Å². The van der Waals surface area contributed by atoms with Crippen LogP contribution in [0.3, 0.4) is 0 Å². The number of hydrogen-bond acceptors (Lipinski definition) is 5. The van der Waals surface area contributed by atoms with Crippen molar-refractivity contribution in [2.45, 2.75) is 0 Å². The summed E-state index contributed by atoms with van der Waals surface area (Å²) >= 11 is 17.6. The van der Waals surface area contributed by atoms with Crippen LogP contribution in [-0.4, -0.2) is 54.1 Å². The Bertz CT molecular complexity index is 825. The van der Waals surface area contributed by atoms with Gasteiger partial charge in [-0.3, -0.25) is 14.5 Å². The van der Waals surface area contributed by atoms with Crippen LogP contribution in [0.25, 0.3) is 6.08 Å². The first-order valence-electron chi connectivity index (χ1n) is 7.23. The first kappa shape index (κ1) is 20.0. The third-order valence-corrected chi connectivity index (χ3v) is 4.54. The minimum absolute atomic E-state index is 0.0257. The summed E-state index contributed by atoms with van der Waals surface area (Å²) in [6, 6.07) is 3.17. The molecule has 1 aromatic carbocycles. The molecule has 0 atom stereocenters. The monoisotopic (exact) mass is 412 g/mol. The average molecular weight is 413 g/mol. The minimum Gasteiger partial charge on any atom is -0.478 e. The SMILES string of the molecule is C#CCOc1c(Cl)cc(/C=C2/C(=O)N(CC(=O)OC)C(=S)N2C)cc1Cl. The number of hydrogen-bond donors (Lipinski definition) is 0. The first-order chi connectivity index (χ1) is 12.3. The Morgan fingerprint density at radius 1 is 1.38 bits per heavy atom. The van der Waals surface area contributed by atoms with Gasteiger partial charge < -0.3 is 14.4 Å². The number of carbonyl (C=O) groups excluding carboxylic acids is 2. The van der Waals surface area contributed by atoms with Gasteiger partial charge in [-0.15, -0.1) is 6.42 Å². The quantitative estimate of drug-likeness (QED) is 0.320. The molecule has 1 amide bonds. The molecule has 9 heteroatoms. The molecule has 0 spiro atoms. The molecular formula is C17H14Cl2N2O4S. The molecule has 0 radical (unpaired) electrons. The molecule has 0 saturated carbocycles. The zero-order chi connectivity index (χ0) is 19.4. The fourth-order valence-electron chi connectivity index (χ4n) is 2.22. The average Bonchev–Trinajstić information content (AvgIpc) is 2.79. The number of ether oxygens (including phenoxy) is 2. The summed E-state index contributed by atoms with van der Waals surface area (Å²) in [4.78, 5) is 26.7. The minimum atomic E-state index is -0.573. The van der Waals surface area contributed by atoms with Gasteiger partial charge in [-0.25, -0.2) is 0 Å². The molecule has 0 bridgehead atoms. The number of benzene rings is 1. The van der Waals surface area contributed by atoms with Crippen molar-refractivity contribution in [2.75, 3.05) is 27.3 Å². The highest BCUT2D eigenvalue weighted by molar-refractivity contribution is 7.80. The summed E-state index contributed by atoms with van der Waals surface area (Å²) in [5.41, 5.74) is 0.828. The summed E-state index contributed by atoms with van der Waals surface area (Å²) in [6.45, 7) is -0.242. The number of terminal acetylenes is 1. The molecule has 1 aromatic rings. The summed E-state index contributed by atoms with van der Waals surface area (Å²) in [5.74, 6) is 1.59. The topological polar surface area (TPSA) is 59.1 Å². The predicted molar refractivity (Wildman–Crippen MR) is 103 cm³/mol. The Hall–Kier alpha value is -2.27. The van der Waals surface area contributed by atoms with Gasteiger partial charge in [0.1, 0.15) is 18.8 Å². The van der Waals surface area contributed by atoms with Gasteiger partial charge in [0.2, 0.25) is 0 Å². The Morgan fingerprint density at radius 2 is 2.00 bits per heavy atom. The van der Waals surface area contributed by atoms with Gasteiger partial charge in [0.25, 0.3) is 5.91 Å². The van der Waals surface area contributed by atoms with Crippen LogP contribution in [0.2, 0.25) is 10.0 Å². The standard InChI is InChI=1S/C17H14Cl2N2O4S/c1-4-5-25-15-11(18)6-10(7-12(15)19)8-13-16(23)21(9-14(22)24-3)17(26)20(13)2/h1,6-8H,5,9H2,2-3H3/b13-8-. The molecule has 0 N–H and O–H groups in total. The molecule has 1 fully saturated rings. The Kier molecular flexibility index (Phi) is 6.48. The fraction of sp³-hybridized carbons (Fsp3) is 0.235. The molecule has 0 aliphatic carbocycles. The highest BCUT2D eigenvalue weighted by atomic mass is 35.5. The van der Waals surface area contributed by atoms with E-state index < -0.39 is 11.9 Å². The molecule has 6 nitrogen and oxygen atoms in total. The van der Waals surface area contributed by atoms with E-state index >= 15 is 0 Å². The maximum absolute atomic E-state index is 12.6. The van der Waals surface area contributed by atoms with Gasteiger partial charge in [-0.1, -0.05) is 29.1 Å². The van der Waals surface area contributed by atoms with Crippen molar-refractivity contribution < 1.29 is 19.1 Å². The van der Waals surface area contributed by atoms with Gasteiger partial charge >= 0.3 is 5.97 Å². The lowest BCUT2D eigenvalue weighted by molar-refractivity contribution is -0.143. The lowest BCUT2D eigenvalue weighted by Gasteiger charge is -2.14. The van der Waals surface area contributed by atoms with E-state index in [9.17, 15) is 9.59 Å². The third-order valence-electron chi connectivity index (χ3n) is 3.48. The van der Waals surface area contributed by atoms with Crippen LogP contribution in [0.5, 0.6) is 5.75 Å². The van der Waals surface area contributed by atoms with E-state index in [4.69, 9.17) is 46.6 Å². The molecule has 1 aliphatic rings. The Morgan fingerprint density at radius 3 is 2.54 bits per heavy atom. The second-order valence-electron chi connectivity index (χ2n) is 5.15. The van der Waals surface area contributed by atoms with E-state index in [0.29, 0.717) is 5.56 Å².